The van der Waals surface area contributed by atoms with E-state index in [0.717, 1.165) is 61.4 Å². The van der Waals surface area contributed by atoms with E-state index >= 15 is 0 Å². The van der Waals surface area contributed by atoms with Crippen LogP contribution in [0.1, 0.15) is 87.2 Å². The predicted molar refractivity (Wildman–Crippen MR) is 171 cm³/mol. The van der Waals surface area contributed by atoms with Crippen molar-refractivity contribution in [3.05, 3.63) is 71.8 Å². The lowest BCUT2D eigenvalue weighted by Gasteiger charge is -2.58. The van der Waals surface area contributed by atoms with Crippen LogP contribution in [0.5, 0.6) is 23.0 Å². The fraction of sp³-hybridized carbons (Fsp3) is 0.526. The van der Waals surface area contributed by atoms with Crippen LogP contribution in [0.2, 0.25) is 0 Å². The molecule has 4 unspecified atom stereocenters. The second-order valence-electron chi connectivity index (χ2n) is 15.7. The van der Waals surface area contributed by atoms with Gasteiger partial charge in [0, 0.05) is 17.4 Å². The summed E-state index contributed by atoms with van der Waals surface area (Å²) in [4.78, 5) is 0. The van der Waals surface area contributed by atoms with Gasteiger partial charge < -0.3 is 31.2 Å². The lowest BCUT2D eigenvalue weighted by Crippen LogP contribution is -2.53. The van der Waals surface area contributed by atoms with E-state index in [4.69, 9.17) is 20.9 Å². The number of aliphatic hydroxyl groups is 2. The molecule has 0 heterocycles. The lowest BCUT2D eigenvalue weighted by atomic mass is 9.49. The average Bonchev–Trinajstić information content (AvgIpc) is 2.94. The van der Waals surface area contributed by atoms with Crippen molar-refractivity contribution in [3.63, 3.8) is 0 Å². The van der Waals surface area contributed by atoms with Crippen molar-refractivity contribution in [2.24, 2.45) is 35.5 Å². The molecule has 6 heteroatoms. The van der Waals surface area contributed by atoms with Gasteiger partial charge in [-0.05, 0) is 171 Å². The summed E-state index contributed by atoms with van der Waals surface area (Å²) in [6.45, 7) is 0. The van der Waals surface area contributed by atoms with E-state index in [1.54, 1.807) is 0 Å². The van der Waals surface area contributed by atoms with Crippen molar-refractivity contribution in [2.45, 2.75) is 87.2 Å². The van der Waals surface area contributed by atoms with Crippen LogP contribution in [-0.4, -0.2) is 21.4 Å². The fourth-order valence-electron chi connectivity index (χ4n) is 11.7. The molecule has 6 N–H and O–H groups in total. The molecular formula is C38H44N2O4. The zero-order valence-corrected chi connectivity index (χ0v) is 25.3. The fourth-order valence-corrected chi connectivity index (χ4v) is 11.7. The molecule has 8 aliphatic carbocycles. The van der Waals surface area contributed by atoms with Crippen molar-refractivity contribution >= 4 is 11.4 Å². The Balaban J connectivity index is 0.936. The van der Waals surface area contributed by atoms with Crippen molar-refractivity contribution in [2.75, 3.05) is 11.5 Å². The monoisotopic (exact) mass is 592 g/mol. The molecule has 8 fully saturated rings. The summed E-state index contributed by atoms with van der Waals surface area (Å²) in [6, 6.07) is 19.9. The second kappa shape index (κ2) is 9.64. The van der Waals surface area contributed by atoms with Gasteiger partial charge in [-0.2, -0.15) is 0 Å². The predicted octanol–water partition coefficient (Wildman–Crippen LogP) is 7.74. The summed E-state index contributed by atoms with van der Waals surface area (Å²) >= 11 is 0. The first-order chi connectivity index (χ1) is 21.2. The molecule has 4 atom stereocenters. The van der Waals surface area contributed by atoms with E-state index in [0.29, 0.717) is 58.8 Å². The molecule has 44 heavy (non-hydrogen) atoms. The number of ether oxygens (including phenoxy) is 2. The molecule has 0 spiro atoms. The van der Waals surface area contributed by atoms with Crippen molar-refractivity contribution in [1.29, 1.82) is 0 Å². The van der Waals surface area contributed by atoms with E-state index in [1.807, 2.05) is 48.5 Å². The third-order valence-corrected chi connectivity index (χ3v) is 12.6. The second-order valence-corrected chi connectivity index (χ2v) is 15.7. The zero-order valence-electron chi connectivity index (χ0n) is 25.3. The Morgan fingerprint density at radius 2 is 0.909 bits per heavy atom. The summed E-state index contributed by atoms with van der Waals surface area (Å²) < 4.78 is 12.8. The van der Waals surface area contributed by atoms with Crippen LogP contribution in [0.4, 0.5) is 11.4 Å². The molecule has 8 saturated carbocycles. The Kier molecular flexibility index (Phi) is 5.94. The van der Waals surface area contributed by atoms with Crippen LogP contribution < -0.4 is 20.9 Å². The SMILES string of the molecule is Nc1ccc(Oc2cccc(Oc3ccc(N)c(C4C5CC6CC4CC(O)(C6)C5)c3)c2)cc1C1C2CC3CC1CC(O)(C3)C2. The average molecular weight is 593 g/mol. The number of hydrogen-bond donors (Lipinski definition) is 4. The van der Waals surface area contributed by atoms with Gasteiger partial charge >= 0.3 is 0 Å². The third-order valence-electron chi connectivity index (χ3n) is 12.6. The maximum atomic E-state index is 11.1. The minimum Gasteiger partial charge on any atom is -0.457 e. The van der Waals surface area contributed by atoms with Gasteiger partial charge in [0.15, 0.2) is 0 Å². The Morgan fingerprint density at radius 1 is 0.523 bits per heavy atom. The Labute approximate surface area is 259 Å². The molecule has 0 saturated heterocycles. The number of nitrogens with two attached hydrogens (primary N) is 2. The highest BCUT2D eigenvalue weighted by molar-refractivity contribution is 5.55. The van der Waals surface area contributed by atoms with Crippen molar-refractivity contribution in [3.8, 4) is 23.0 Å². The maximum Gasteiger partial charge on any atom is 0.131 e. The highest BCUT2D eigenvalue weighted by Crippen LogP contribution is 2.63. The number of anilines is 2. The number of nitrogen functional groups attached to an aromatic ring is 2. The van der Waals surface area contributed by atoms with Gasteiger partial charge in [0.05, 0.1) is 11.2 Å². The molecule has 3 aromatic rings. The van der Waals surface area contributed by atoms with Gasteiger partial charge in [-0.25, -0.2) is 0 Å². The van der Waals surface area contributed by atoms with Crippen molar-refractivity contribution in [1.82, 2.24) is 0 Å². The first kappa shape index (κ1) is 27.1. The van der Waals surface area contributed by atoms with Crippen LogP contribution >= 0.6 is 0 Å². The largest absolute Gasteiger partial charge is 0.457 e. The Bertz CT molecular complexity index is 1470. The molecule has 6 nitrogen and oxygen atoms in total. The molecule has 3 aromatic carbocycles. The minimum atomic E-state index is -0.459. The molecule has 0 radical (unpaired) electrons. The summed E-state index contributed by atoms with van der Waals surface area (Å²) in [5.74, 6) is 7.05. The van der Waals surface area contributed by atoms with E-state index < -0.39 is 11.2 Å². The molecule has 8 aliphatic rings. The normalized spacial score (nSPS) is 39.5. The highest BCUT2D eigenvalue weighted by Gasteiger charge is 2.56. The van der Waals surface area contributed by atoms with Gasteiger partial charge in [-0.3, -0.25) is 0 Å². The van der Waals surface area contributed by atoms with Crippen LogP contribution in [0, 0.1) is 35.5 Å². The van der Waals surface area contributed by atoms with Crippen LogP contribution in [0.3, 0.4) is 0 Å². The quantitative estimate of drug-likeness (QED) is 0.218. The molecular weight excluding hydrogens is 548 g/mol. The minimum absolute atomic E-state index is 0.391. The maximum absolute atomic E-state index is 11.1. The third kappa shape index (κ3) is 4.51. The first-order valence-electron chi connectivity index (χ1n) is 16.9. The standard InChI is InChI=1S/C38H44N2O4/c39-33-6-4-29(13-31(33)35-23-8-21-9-24(35)18-37(41,15-21)17-23)43-27-2-1-3-28(12-27)44-30-5-7-34(40)32(14-30)36-25-10-22-11-26(36)20-38(42,16-22)19-25/h1-7,12-14,21-26,35-36,41-42H,8-11,15-20,39-40H2. The number of hydrogen-bond acceptors (Lipinski definition) is 6. The van der Waals surface area contributed by atoms with Gasteiger partial charge in [-0.15, -0.1) is 0 Å². The highest BCUT2D eigenvalue weighted by atomic mass is 16.5. The summed E-state index contributed by atoms with van der Waals surface area (Å²) in [5.41, 5.74) is 16.2. The molecule has 0 aliphatic heterocycles. The van der Waals surface area contributed by atoms with Gasteiger partial charge in [0.1, 0.15) is 23.0 Å². The number of benzene rings is 3. The van der Waals surface area contributed by atoms with E-state index in [9.17, 15) is 10.2 Å². The first-order valence-corrected chi connectivity index (χ1v) is 16.9. The van der Waals surface area contributed by atoms with Crippen LogP contribution in [0.15, 0.2) is 60.7 Å². The molecule has 0 amide bonds. The Hall–Kier alpha value is -3.22. The molecule has 11 rings (SSSR count). The lowest BCUT2D eigenvalue weighted by molar-refractivity contribution is -0.135. The zero-order chi connectivity index (χ0) is 29.8. The summed E-state index contributed by atoms with van der Waals surface area (Å²) in [5, 5.41) is 22.2. The Morgan fingerprint density at radius 3 is 1.30 bits per heavy atom. The van der Waals surface area contributed by atoms with Gasteiger partial charge in [0.25, 0.3) is 0 Å². The summed E-state index contributed by atoms with van der Waals surface area (Å²) in [6.07, 6.45) is 10.3. The summed E-state index contributed by atoms with van der Waals surface area (Å²) in [7, 11) is 0. The molecule has 8 bridgehead atoms. The van der Waals surface area contributed by atoms with E-state index in [1.165, 1.54) is 36.8 Å². The van der Waals surface area contributed by atoms with E-state index in [2.05, 4.69) is 12.1 Å². The van der Waals surface area contributed by atoms with E-state index in [-0.39, 0.29) is 0 Å². The van der Waals surface area contributed by atoms with Gasteiger partial charge in [-0.1, -0.05) is 6.07 Å². The van der Waals surface area contributed by atoms with Gasteiger partial charge in [0.2, 0.25) is 0 Å². The number of rotatable bonds is 6. The topological polar surface area (TPSA) is 111 Å². The smallest absolute Gasteiger partial charge is 0.131 e. The van der Waals surface area contributed by atoms with Crippen LogP contribution in [-0.2, 0) is 0 Å². The van der Waals surface area contributed by atoms with Crippen molar-refractivity contribution < 1.29 is 19.7 Å². The van der Waals surface area contributed by atoms with Crippen LogP contribution in [0.25, 0.3) is 0 Å². The molecule has 0 aromatic heterocycles. The molecule has 230 valence electrons.